The second-order valence-electron chi connectivity index (χ2n) is 8.95. The normalized spacial score (nSPS) is 13.5. The van der Waals surface area contributed by atoms with E-state index in [9.17, 15) is 13.6 Å². The van der Waals surface area contributed by atoms with E-state index in [2.05, 4.69) is 44.0 Å². The van der Waals surface area contributed by atoms with Gasteiger partial charge in [-0.3, -0.25) is 4.57 Å². The Bertz CT molecular complexity index is 1510. The fraction of sp³-hybridized carbons (Fsp3) is 0.143. The van der Waals surface area contributed by atoms with Crippen LogP contribution in [0.1, 0.15) is 22.3 Å². The zero-order chi connectivity index (χ0) is 25.7. The maximum atomic E-state index is 12.6. The zero-order valence-electron chi connectivity index (χ0n) is 19.8. The van der Waals surface area contributed by atoms with Crippen molar-refractivity contribution in [2.24, 2.45) is 0 Å². The van der Waals surface area contributed by atoms with Gasteiger partial charge in [-0.1, -0.05) is 102 Å². The van der Waals surface area contributed by atoms with Gasteiger partial charge in [0, 0.05) is 12.8 Å². The average Bonchev–Trinajstić information content (AvgIpc) is 3.39. The topological polar surface area (TPSA) is 66.2 Å². The minimum Gasteiger partial charge on any atom is -0.254 e. The molecule has 1 heterocycles. The Morgan fingerprint density at radius 2 is 1.24 bits per heavy atom. The van der Waals surface area contributed by atoms with E-state index in [0.717, 1.165) is 27.7 Å². The van der Waals surface area contributed by atoms with Gasteiger partial charge < -0.3 is 0 Å². The highest BCUT2D eigenvalue weighted by atomic mass is 31.2. The van der Waals surface area contributed by atoms with E-state index in [1.165, 1.54) is 0 Å². The number of rotatable bonds is 10. The van der Waals surface area contributed by atoms with Crippen molar-refractivity contribution in [1.29, 1.82) is 0 Å². The monoisotopic (exact) mass is 519 g/mol. The second-order valence-corrected chi connectivity index (χ2v) is 10.8. The molecule has 0 saturated heterocycles. The van der Waals surface area contributed by atoms with Crippen LogP contribution in [0.5, 0.6) is 0 Å². The molecule has 188 valence electrons. The highest BCUT2D eigenvalue weighted by molar-refractivity contribution is 7.52. The Labute approximate surface area is 212 Å². The Kier molecular flexibility index (Phi) is 7.24. The number of hydrogen-bond acceptors (Lipinski definition) is 5. The van der Waals surface area contributed by atoms with Crippen molar-refractivity contribution >= 4 is 18.6 Å². The third kappa shape index (κ3) is 5.23. The van der Waals surface area contributed by atoms with Crippen molar-refractivity contribution in [2.75, 3.05) is 0 Å². The first-order valence-corrected chi connectivity index (χ1v) is 13.5. The van der Waals surface area contributed by atoms with Gasteiger partial charge in [-0.25, -0.2) is 4.68 Å². The number of nitrogens with zero attached hydrogens (tertiary/aromatic N) is 3. The lowest BCUT2D eigenvalue weighted by Gasteiger charge is -2.36. The lowest BCUT2D eigenvalue weighted by molar-refractivity contribution is -0.0881. The van der Waals surface area contributed by atoms with Crippen LogP contribution >= 0.6 is 7.60 Å². The third-order valence-corrected chi connectivity index (χ3v) is 7.69. The first-order valence-electron chi connectivity index (χ1n) is 11.7. The van der Waals surface area contributed by atoms with Crippen LogP contribution in [0, 0.1) is 0 Å². The molecule has 0 N–H and O–H groups in total. The van der Waals surface area contributed by atoms with Gasteiger partial charge in [0.05, 0.1) is 17.2 Å². The van der Waals surface area contributed by atoms with Gasteiger partial charge in [-0.15, -0.1) is 14.6 Å². The molecular weight excluding hydrogens is 495 g/mol. The molecule has 0 amide bonds. The summed E-state index contributed by atoms with van der Waals surface area (Å²) in [4.78, 5) is 0. The van der Waals surface area contributed by atoms with Crippen molar-refractivity contribution < 1.29 is 23.1 Å². The van der Waals surface area contributed by atoms with Crippen LogP contribution in [-0.2, 0) is 38.6 Å². The van der Waals surface area contributed by atoms with Gasteiger partial charge in [0.2, 0.25) is 0 Å². The van der Waals surface area contributed by atoms with Crippen LogP contribution in [0.3, 0.4) is 0 Å². The van der Waals surface area contributed by atoms with Crippen LogP contribution in [-0.4, -0.2) is 15.0 Å². The molecule has 37 heavy (non-hydrogen) atoms. The smallest absolute Gasteiger partial charge is 0.254 e. The first-order chi connectivity index (χ1) is 18.0. The average molecular weight is 519 g/mol. The number of para-hydroxylation sites is 1. The molecule has 0 aliphatic carbocycles. The maximum Gasteiger partial charge on any atom is 0.399 e. The summed E-state index contributed by atoms with van der Waals surface area (Å²) in [5.41, 5.74) is 4.59. The summed E-state index contributed by atoms with van der Waals surface area (Å²) in [6.45, 7) is 0. The van der Waals surface area contributed by atoms with Gasteiger partial charge in [0.1, 0.15) is 5.52 Å². The molecule has 5 aromatic rings. The number of fused-ring (bicyclic) bond motifs is 1. The summed E-state index contributed by atoms with van der Waals surface area (Å²) in [5, 5.41) is 9.09. The number of benzene rings is 4. The van der Waals surface area contributed by atoms with Gasteiger partial charge in [-0.2, -0.15) is 0 Å². The second kappa shape index (κ2) is 10.7. The van der Waals surface area contributed by atoms with Crippen molar-refractivity contribution in [3.05, 3.63) is 131 Å². The van der Waals surface area contributed by atoms with Crippen molar-refractivity contribution in [2.45, 2.75) is 24.5 Å². The number of aromatic nitrogens is 3. The number of halogens is 2. The van der Waals surface area contributed by atoms with E-state index in [1.807, 2.05) is 77.5 Å². The molecule has 4 aromatic carbocycles. The predicted molar refractivity (Wildman–Crippen MR) is 137 cm³/mol. The summed E-state index contributed by atoms with van der Waals surface area (Å²) in [6.07, 6.45) is 0.645. The van der Waals surface area contributed by atoms with Crippen molar-refractivity contribution in [3.63, 3.8) is 0 Å². The zero-order valence-corrected chi connectivity index (χ0v) is 20.7. The van der Waals surface area contributed by atoms with Gasteiger partial charge in [0.15, 0.2) is 0 Å². The van der Waals surface area contributed by atoms with E-state index < -0.39 is 19.3 Å². The molecular formula is C28H24F2N3O3P. The fourth-order valence-electron chi connectivity index (χ4n) is 4.79. The first kappa shape index (κ1) is 25.0. The molecule has 1 aromatic heterocycles. The minimum absolute atomic E-state index is 0.418. The lowest BCUT2D eigenvalue weighted by Crippen LogP contribution is -2.40. The molecule has 0 spiro atoms. The van der Waals surface area contributed by atoms with Gasteiger partial charge in [-0.05, 0) is 43.4 Å². The summed E-state index contributed by atoms with van der Waals surface area (Å²) in [7, 11) is -4.48. The molecule has 1 unspecified atom stereocenters. The standard InChI is InChI=1S/C28H24F2N3O3P/c29-35-37(34,36-30)21-24-17-15-23(16-18-24)20-28(25-11-5-2-6-12-25,19-22-9-3-1-4-10-22)33-27-14-8-7-13-26(27)31-32-33/h1-18H,19-21H2. The van der Waals surface area contributed by atoms with E-state index in [4.69, 9.17) is 0 Å². The van der Waals surface area contributed by atoms with Crippen molar-refractivity contribution in [1.82, 2.24) is 15.0 Å². The predicted octanol–water partition coefficient (Wildman–Crippen LogP) is 7.16. The third-order valence-electron chi connectivity index (χ3n) is 6.51. The lowest BCUT2D eigenvalue weighted by atomic mass is 9.78. The van der Waals surface area contributed by atoms with Crippen LogP contribution in [0.4, 0.5) is 9.05 Å². The molecule has 0 saturated carbocycles. The summed E-state index contributed by atoms with van der Waals surface area (Å²) < 4.78 is 45.5. The molecule has 0 radical (unpaired) electrons. The largest absolute Gasteiger partial charge is 0.399 e. The van der Waals surface area contributed by atoms with Crippen molar-refractivity contribution in [3.8, 4) is 0 Å². The van der Waals surface area contributed by atoms with Crippen LogP contribution < -0.4 is 0 Å². The van der Waals surface area contributed by atoms with Crippen LogP contribution in [0.25, 0.3) is 11.0 Å². The van der Waals surface area contributed by atoms with Gasteiger partial charge >= 0.3 is 7.60 Å². The minimum atomic E-state index is -4.48. The quantitative estimate of drug-likeness (QED) is 0.183. The Hall–Kier alpha value is -3.71. The van der Waals surface area contributed by atoms with Crippen LogP contribution in [0.2, 0.25) is 0 Å². The van der Waals surface area contributed by atoms with Gasteiger partial charge in [0.25, 0.3) is 0 Å². The van der Waals surface area contributed by atoms with E-state index in [1.54, 1.807) is 12.1 Å². The highest BCUT2D eigenvalue weighted by Gasteiger charge is 2.37. The fourth-order valence-corrected chi connectivity index (χ4v) is 5.57. The summed E-state index contributed by atoms with van der Waals surface area (Å²) in [5.74, 6) is 0. The molecule has 0 fully saturated rings. The SMILES string of the molecule is O=P(Cc1ccc(CC(Cc2ccccc2)(c2ccccc2)n2nnc3ccccc32)cc1)(OF)OF. The molecule has 0 aliphatic heterocycles. The van der Waals surface area contributed by atoms with Crippen LogP contribution in [0.15, 0.2) is 109 Å². The molecule has 0 bridgehead atoms. The molecule has 1 atom stereocenters. The van der Waals surface area contributed by atoms with E-state index in [0.29, 0.717) is 18.4 Å². The summed E-state index contributed by atoms with van der Waals surface area (Å²) >= 11 is 0. The summed E-state index contributed by atoms with van der Waals surface area (Å²) in [6, 6.07) is 35.2. The molecule has 9 heteroatoms. The number of hydrogen-bond donors (Lipinski definition) is 0. The Morgan fingerprint density at radius 1 is 0.703 bits per heavy atom. The Balaban J connectivity index is 1.63. The Morgan fingerprint density at radius 3 is 1.89 bits per heavy atom. The van der Waals surface area contributed by atoms with E-state index in [-0.39, 0.29) is 0 Å². The van der Waals surface area contributed by atoms with E-state index >= 15 is 0 Å². The molecule has 6 nitrogen and oxygen atoms in total. The molecule has 5 rings (SSSR count). The highest BCUT2D eigenvalue weighted by Crippen LogP contribution is 2.52. The maximum absolute atomic E-state index is 12.6. The molecule has 0 aliphatic rings.